The Hall–Kier alpha value is -5.73. The van der Waals surface area contributed by atoms with Crippen molar-refractivity contribution < 1.29 is 71.6 Å². The van der Waals surface area contributed by atoms with E-state index in [0.717, 1.165) is 0 Å². The van der Waals surface area contributed by atoms with E-state index in [-0.39, 0.29) is 88.3 Å². The first-order valence-electron chi connectivity index (χ1n) is 14.5. The van der Waals surface area contributed by atoms with Crippen molar-refractivity contribution in [2.45, 2.75) is 6.92 Å². The van der Waals surface area contributed by atoms with Crippen LogP contribution in [0, 0.1) is 5.41 Å². The summed E-state index contributed by atoms with van der Waals surface area (Å²) in [7, 11) is 11.1. The Morgan fingerprint density at radius 3 is 0.939 bits per heavy atom. The third-order valence-electron chi connectivity index (χ3n) is 7.17. The van der Waals surface area contributed by atoms with Crippen molar-refractivity contribution in [2.75, 3.05) is 76.7 Å². The molecule has 3 aromatic carbocycles. The number of aromatic hydroxyl groups is 1. The van der Waals surface area contributed by atoms with Crippen LogP contribution in [0.2, 0.25) is 0 Å². The van der Waals surface area contributed by atoms with Crippen LogP contribution in [-0.2, 0) is 14.2 Å². The quantitative estimate of drug-likeness (QED) is 0.157. The summed E-state index contributed by atoms with van der Waals surface area (Å²) in [6.45, 7) is 0.451. The van der Waals surface area contributed by atoms with E-state index in [4.69, 9.17) is 52.1 Å². The van der Waals surface area contributed by atoms with Crippen LogP contribution in [0.15, 0.2) is 36.4 Å². The molecule has 0 bridgehead atoms. The zero-order chi connectivity index (χ0) is 36.3. The van der Waals surface area contributed by atoms with Gasteiger partial charge in [0.15, 0.2) is 34.5 Å². The topological polar surface area (TPSA) is 173 Å². The molecule has 0 aliphatic heterocycles. The number of hydrogen-bond donors (Lipinski definition) is 1. The number of rotatable bonds is 17. The molecule has 15 nitrogen and oxygen atoms in total. The second kappa shape index (κ2) is 16.9. The molecular weight excluding hydrogens is 648 g/mol. The third kappa shape index (κ3) is 8.80. The maximum absolute atomic E-state index is 13.2. The zero-order valence-electron chi connectivity index (χ0n) is 28.7. The van der Waals surface area contributed by atoms with Gasteiger partial charge >= 0.3 is 17.9 Å². The summed E-state index contributed by atoms with van der Waals surface area (Å²) < 4.78 is 59.1. The average Bonchev–Trinajstić information content (AvgIpc) is 3.13. The van der Waals surface area contributed by atoms with Crippen LogP contribution in [0.5, 0.6) is 51.7 Å². The van der Waals surface area contributed by atoms with E-state index in [1.165, 1.54) is 93.3 Å². The second-order valence-corrected chi connectivity index (χ2v) is 10.6. The summed E-state index contributed by atoms with van der Waals surface area (Å²) >= 11 is 0. The van der Waals surface area contributed by atoms with Crippen molar-refractivity contribution in [1.29, 1.82) is 0 Å². The Morgan fingerprint density at radius 1 is 0.469 bits per heavy atom. The van der Waals surface area contributed by atoms with E-state index in [2.05, 4.69) is 0 Å². The molecule has 266 valence electrons. The van der Waals surface area contributed by atoms with E-state index >= 15 is 0 Å². The molecule has 3 aromatic rings. The average molecular weight is 689 g/mol. The minimum Gasteiger partial charge on any atom is -0.502 e. The summed E-state index contributed by atoms with van der Waals surface area (Å²) in [5, 5.41) is 10.2. The van der Waals surface area contributed by atoms with Crippen LogP contribution in [0.4, 0.5) is 0 Å². The lowest BCUT2D eigenvalue weighted by Crippen LogP contribution is -2.37. The maximum atomic E-state index is 13.2. The van der Waals surface area contributed by atoms with Crippen LogP contribution < -0.4 is 37.9 Å². The Morgan fingerprint density at radius 2 is 0.714 bits per heavy atom. The van der Waals surface area contributed by atoms with Crippen molar-refractivity contribution in [1.82, 2.24) is 0 Å². The molecule has 0 fully saturated rings. The molecule has 0 spiro atoms. The van der Waals surface area contributed by atoms with Crippen LogP contribution >= 0.6 is 0 Å². The van der Waals surface area contributed by atoms with Crippen LogP contribution in [0.25, 0.3) is 0 Å². The largest absolute Gasteiger partial charge is 0.502 e. The molecule has 0 aliphatic rings. The molecule has 0 aromatic heterocycles. The van der Waals surface area contributed by atoms with Gasteiger partial charge in [0.05, 0.1) is 79.0 Å². The van der Waals surface area contributed by atoms with Crippen molar-refractivity contribution in [3.05, 3.63) is 53.1 Å². The minimum atomic E-state index is -1.28. The molecular formula is C34H40O15. The molecule has 0 aliphatic carbocycles. The SMILES string of the molecule is COc1cc(C(=O)OCC(C)(COC(=O)c2cc(OC)c(OC)c(OC)c2)COC(=O)c2cc(OC)c(OC)c(OC)c2)cc(OC)c1O. The minimum absolute atomic E-state index is 0.00214. The predicted octanol–water partition coefficient (Wildman–Crippen LogP) is 4.34. The van der Waals surface area contributed by atoms with Crippen LogP contribution in [0.3, 0.4) is 0 Å². The maximum Gasteiger partial charge on any atom is 0.338 e. The van der Waals surface area contributed by atoms with E-state index in [9.17, 15) is 19.5 Å². The van der Waals surface area contributed by atoms with Gasteiger partial charge in [-0.15, -0.1) is 0 Å². The first-order valence-corrected chi connectivity index (χ1v) is 14.5. The predicted molar refractivity (Wildman–Crippen MR) is 172 cm³/mol. The highest BCUT2D eigenvalue weighted by molar-refractivity contribution is 5.92. The fraction of sp³-hybridized carbons (Fsp3) is 0.382. The van der Waals surface area contributed by atoms with Gasteiger partial charge in [0.25, 0.3) is 0 Å². The van der Waals surface area contributed by atoms with Gasteiger partial charge in [0, 0.05) is 0 Å². The molecule has 0 atom stereocenters. The van der Waals surface area contributed by atoms with Crippen LogP contribution in [-0.4, -0.2) is 99.7 Å². The highest BCUT2D eigenvalue weighted by Crippen LogP contribution is 2.40. The van der Waals surface area contributed by atoms with Crippen molar-refractivity contribution >= 4 is 17.9 Å². The smallest absolute Gasteiger partial charge is 0.338 e. The Balaban J connectivity index is 1.89. The van der Waals surface area contributed by atoms with Gasteiger partial charge in [0.2, 0.25) is 17.2 Å². The third-order valence-corrected chi connectivity index (χ3v) is 7.17. The lowest BCUT2D eigenvalue weighted by Gasteiger charge is -2.28. The Kier molecular flexibility index (Phi) is 13.0. The highest BCUT2D eigenvalue weighted by atomic mass is 16.6. The number of phenolic OH excluding ortho intramolecular Hbond substituents is 1. The molecule has 0 saturated carbocycles. The van der Waals surface area contributed by atoms with E-state index in [0.29, 0.717) is 0 Å². The van der Waals surface area contributed by atoms with Gasteiger partial charge in [-0.2, -0.15) is 0 Å². The van der Waals surface area contributed by atoms with Crippen molar-refractivity contribution in [3.8, 4) is 51.7 Å². The van der Waals surface area contributed by atoms with Gasteiger partial charge in [0.1, 0.15) is 19.8 Å². The number of methoxy groups -OCH3 is 8. The van der Waals surface area contributed by atoms with E-state index < -0.39 is 23.3 Å². The van der Waals surface area contributed by atoms with Gasteiger partial charge in [-0.1, -0.05) is 0 Å². The van der Waals surface area contributed by atoms with Gasteiger partial charge in [-0.25, -0.2) is 14.4 Å². The summed E-state index contributed by atoms with van der Waals surface area (Å²) in [4.78, 5) is 39.6. The molecule has 0 unspecified atom stereocenters. The number of carbonyl (C=O) groups excluding carboxylic acids is 3. The monoisotopic (exact) mass is 688 g/mol. The fourth-order valence-corrected chi connectivity index (χ4v) is 4.50. The van der Waals surface area contributed by atoms with Gasteiger partial charge < -0.3 is 57.2 Å². The first-order chi connectivity index (χ1) is 23.4. The second-order valence-electron chi connectivity index (χ2n) is 10.6. The summed E-state index contributed by atoms with van der Waals surface area (Å²) in [6.07, 6.45) is 0. The molecule has 0 radical (unpaired) electrons. The molecule has 0 heterocycles. The van der Waals surface area contributed by atoms with E-state index in [1.807, 2.05) is 0 Å². The first kappa shape index (κ1) is 37.7. The number of esters is 3. The summed E-state index contributed by atoms with van der Waals surface area (Å²) in [5.74, 6) is -1.26. The molecule has 15 heteroatoms. The number of ether oxygens (including phenoxy) is 11. The molecule has 1 N–H and O–H groups in total. The normalized spacial score (nSPS) is 10.7. The molecule has 0 amide bonds. The van der Waals surface area contributed by atoms with Crippen molar-refractivity contribution in [3.63, 3.8) is 0 Å². The standard InChI is InChI=1S/C34H40O15/c1-34(16-47-31(36)19-10-22(39-2)28(35)23(11-19)40-3,17-48-32(37)20-12-24(41-4)29(45-8)25(13-20)42-5)18-49-33(38)21-14-26(43-6)30(46-9)27(15-21)44-7/h10-15,35H,16-18H2,1-9H3. The number of hydrogen-bond acceptors (Lipinski definition) is 15. The highest BCUT2D eigenvalue weighted by Gasteiger charge is 2.33. The van der Waals surface area contributed by atoms with E-state index in [1.54, 1.807) is 6.92 Å². The Labute approximate surface area is 283 Å². The van der Waals surface area contributed by atoms with Crippen LogP contribution in [0.1, 0.15) is 38.0 Å². The molecule has 3 rings (SSSR count). The lowest BCUT2D eigenvalue weighted by molar-refractivity contribution is -0.0288. The van der Waals surface area contributed by atoms with Gasteiger partial charge in [-0.3, -0.25) is 0 Å². The number of carbonyl (C=O) groups is 3. The number of phenols is 1. The molecule has 49 heavy (non-hydrogen) atoms. The Bertz CT molecular complexity index is 1490. The number of benzene rings is 3. The zero-order valence-corrected chi connectivity index (χ0v) is 28.7. The van der Waals surface area contributed by atoms with Crippen molar-refractivity contribution in [2.24, 2.45) is 5.41 Å². The molecule has 0 saturated heterocycles. The summed E-state index contributed by atoms with van der Waals surface area (Å²) in [6, 6.07) is 8.20. The van der Waals surface area contributed by atoms with Gasteiger partial charge in [-0.05, 0) is 43.3 Å². The fourth-order valence-electron chi connectivity index (χ4n) is 4.50. The lowest BCUT2D eigenvalue weighted by atomic mass is 9.94. The summed E-state index contributed by atoms with van der Waals surface area (Å²) in [5.41, 5.74) is -1.14.